The molecule has 8 heteroatoms. The number of ether oxygens (including phenoxy) is 4. The largest absolute Gasteiger partial charge is 0.493 e. The van der Waals surface area contributed by atoms with Gasteiger partial charge in [-0.25, -0.2) is 5.43 Å². The molecule has 0 unspecified atom stereocenters. The number of hydrogen-bond donors (Lipinski definition) is 1. The molecule has 0 aromatic heterocycles. The van der Waals surface area contributed by atoms with Crippen molar-refractivity contribution in [2.24, 2.45) is 5.10 Å². The standard InChI is InChI=1S/C29H27IN2O5/c1-4-36-25-13-12-21(16-26(25)34-2)29(33)32-31-17-19-14-24(30)28(27(15-19)35-3)37-18-22-10-7-9-20-8-5-6-11-23(20)22/h5-17H,4,18H2,1-3H3,(H,32,33)/b31-17+. The Balaban J connectivity index is 1.45. The number of fused-ring (bicyclic) bond motifs is 1. The van der Waals surface area contributed by atoms with Crippen molar-refractivity contribution in [2.45, 2.75) is 13.5 Å². The van der Waals surface area contributed by atoms with Gasteiger partial charge < -0.3 is 18.9 Å². The summed E-state index contributed by atoms with van der Waals surface area (Å²) in [6, 6.07) is 23.1. The average molecular weight is 610 g/mol. The van der Waals surface area contributed by atoms with Crippen LogP contribution in [-0.2, 0) is 6.61 Å². The molecule has 7 nitrogen and oxygen atoms in total. The zero-order valence-corrected chi connectivity index (χ0v) is 22.9. The van der Waals surface area contributed by atoms with Gasteiger partial charge in [-0.05, 0) is 81.7 Å². The third-order valence-electron chi connectivity index (χ3n) is 5.61. The van der Waals surface area contributed by atoms with Crippen LogP contribution in [0.1, 0.15) is 28.4 Å². The molecule has 0 radical (unpaired) electrons. The van der Waals surface area contributed by atoms with Gasteiger partial charge >= 0.3 is 0 Å². The van der Waals surface area contributed by atoms with E-state index in [0.29, 0.717) is 41.8 Å². The summed E-state index contributed by atoms with van der Waals surface area (Å²) in [6.45, 7) is 2.79. The van der Waals surface area contributed by atoms with Gasteiger partial charge in [-0.1, -0.05) is 42.5 Å². The summed E-state index contributed by atoms with van der Waals surface area (Å²) < 4.78 is 23.5. The minimum absolute atomic E-state index is 0.366. The van der Waals surface area contributed by atoms with E-state index in [1.54, 1.807) is 31.5 Å². The van der Waals surface area contributed by atoms with Crippen molar-refractivity contribution in [2.75, 3.05) is 20.8 Å². The average Bonchev–Trinajstić information content (AvgIpc) is 2.92. The molecule has 0 spiro atoms. The van der Waals surface area contributed by atoms with Crippen LogP contribution in [-0.4, -0.2) is 32.9 Å². The molecule has 1 amide bonds. The SMILES string of the molecule is CCOc1ccc(C(=O)N/N=C/c2cc(I)c(OCc3cccc4ccccc34)c(OC)c2)cc1OC. The smallest absolute Gasteiger partial charge is 0.271 e. The highest BCUT2D eigenvalue weighted by molar-refractivity contribution is 14.1. The van der Waals surface area contributed by atoms with Crippen LogP contribution >= 0.6 is 22.6 Å². The maximum absolute atomic E-state index is 12.6. The highest BCUT2D eigenvalue weighted by atomic mass is 127. The number of carbonyl (C=O) groups is 1. The number of halogens is 1. The summed E-state index contributed by atoms with van der Waals surface area (Å²) in [4.78, 5) is 12.6. The lowest BCUT2D eigenvalue weighted by molar-refractivity contribution is 0.0954. The number of amides is 1. The first kappa shape index (κ1) is 26.3. The number of nitrogens with one attached hydrogen (secondary N) is 1. The Morgan fingerprint density at radius 3 is 2.49 bits per heavy atom. The van der Waals surface area contributed by atoms with E-state index >= 15 is 0 Å². The third-order valence-corrected chi connectivity index (χ3v) is 6.41. The lowest BCUT2D eigenvalue weighted by Crippen LogP contribution is -2.17. The molecule has 1 N–H and O–H groups in total. The predicted molar refractivity (Wildman–Crippen MR) is 153 cm³/mol. The Morgan fingerprint density at radius 1 is 0.919 bits per heavy atom. The Morgan fingerprint density at radius 2 is 1.70 bits per heavy atom. The second-order valence-electron chi connectivity index (χ2n) is 7.96. The number of hydrogen-bond acceptors (Lipinski definition) is 6. The van der Waals surface area contributed by atoms with Crippen molar-refractivity contribution in [1.29, 1.82) is 0 Å². The molecule has 37 heavy (non-hydrogen) atoms. The van der Waals surface area contributed by atoms with Gasteiger partial charge in [0.25, 0.3) is 5.91 Å². The first-order valence-corrected chi connectivity index (χ1v) is 12.7. The molecule has 0 bridgehead atoms. The van der Waals surface area contributed by atoms with Gasteiger partial charge in [0, 0.05) is 5.56 Å². The second-order valence-corrected chi connectivity index (χ2v) is 9.12. The normalized spacial score (nSPS) is 10.9. The Bertz CT molecular complexity index is 1430. The van der Waals surface area contributed by atoms with E-state index in [9.17, 15) is 4.79 Å². The number of methoxy groups -OCH3 is 2. The maximum atomic E-state index is 12.6. The maximum Gasteiger partial charge on any atom is 0.271 e. The van der Waals surface area contributed by atoms with Gasteiger partial charge in [-0.3, -0.25) is 4.79 Å². The third kappa shape index (κ3) is 6.32. The first-order valence-electron chi connectivity index (χ1n) is 11.6. The zero-order valence-electron chi connectivity index (χ0n) is 20.8. The molecule has 4 aromatic rings. The molecule has 4 rings (SSSR count). The predicted octanol–water partition coefficient (Wildman–Crippen LogP) is 6.20. The van der Waals surface area contributed by atoms with Gasteiger partial charge in [-0.15, -0.1) is 0 Å². The summed E-state index contributed by atoms with van der Waals surface area (Å²) in [7, 11) is 3.13. The zero-order chi connectivity index (χ0) is 26.2. The number of hydrazone groups is 1. The Labute approximate surface area is 229 Å². The van der Waals surface area contributed by atoms with E-state index in [1.807, 2.05) is 37.3 Å². The van der Waals surface area contributed by atoms with Crippen LogP contribution in [0.25, 0.3) is 10.8 Å². The van der Waals surface area contributed by atoms with Gasteiger partial charge in [-0.2, -0.15) is 5.10 Å². The number of carbonyl (C=O) groups excluding carboxylic acids is 1. The van der Waals surface area contributed by atoms with Crippen LogP contribution in [0.3, 0.4) is 0 Å². The van der Waals surface area contributed by atoms with Crippen LogP contribution < -0.4 is 24.4 Å². The lowest BCUT2D eigenvalue weighted by Gasteiger charge is -2.14. The Hall–Kier alpha value is -3.79. The number of nitrogens with zero attached hydrogens (tertiary/aromatic N) is 1. The molecular formula is C29H27IN2O5. The topological polar surface area (TPSA) is 78.4 Å². The van der Waals surface area contributed by atoms with Crippen molar-refractivity contribution in [3.05, 3.63) is 93.1 Å². The fourth-order valence-corrected chi connectivity index (χ4v) is 4.62. The summed E-state index contributed by atoms with van der Waals surface area (Å²) >= 11 is 2.21. The molecule has 0 saturated carbocycles. The van der Waals surface area contributed by atoms with Gasteiger partial charge in [0.05, 0.1) is 30.6 Å². The van der Waals surface area contributed by atoms with E-state index in [1.165, 1.54) is 12.5 Å². The minimum Gasteiger partial charge on any atom is -0.493 e. The van der Waals surface area contributed by atoms with Gasteiger partial charge in [0.1, 0.15) is 6.61 Å². The van der Waals surface area contributed by atoms with E-state index < -0.39 is 0 Å². The molecular weight excluding hydrogens is 583 g/mol. The number of benzene rings is 4. The molecule has 0 aliphatic carbocycles. The molecule has 0 saturated heterocycles. The van der Waals surface area contributed by atoms with Crippen molar-refractivity contribution in [3.63, 3.8) is 0 Å². The van der Waals surface area contributed by atoms with Crippen molar-refractivity contribution < 1.29 is 23.7 Å². The fourth-order valence-electron chi connectivity index (χ4n) is 3.84. The van der Waals surface area contributed by atoms with Gasteiger partial charge in [0.15, 0.2) is 23.0 Å². The highest BCUT2D eigenvalue weighted by Crippen LogP contribution is 2.35. The molecule has 4 aromatic carbocycles. The van der Waals surface area contributed by atoms with E-state index in [-0.39, 0.29) is 5.91 Å². The molecule has 190 valence electrons. The summed E-state index contributed by atoms with van der Waals surface area (Å²) in [5.74, 6) is 1.93. The van der Waals surface area contributed by atoms with E-state index in [2.05, 4.69) is 57.4 Å². The van der Waals surface area contributed by atoms with Crippen molar-refractivity contribution in [3.8, 4) is 23.0 Å². The fraction of sp³-hybridized carbons (Fsp3) is 0.172. The van der Waals surface area contributed by atoms with Crippen LogP contribution in [0.4, 0.5) is 0 Å². The summed E-state index contributed by atoms with van der Waals surface area (Å²) in [6.07, 6.45) is 1.56. The van der Waals surface area contributed by atoms with Crippen LogP contribution in [0.5, 0.6) is 23.0 Å². The van der Waals surface area contributed by atoms with E-state index in [4.69, 9.17) is 18.9 Å². The van der Waals surface area contributed by atoms with E-state index in [0.717, 1.165) is 20.1 Å². The Kier molecular flexibility index (Phi) is 8.84. The quantitative estimate of drug-likeness (QED) is 0.131. The van der Waals surface area contributed by atoms with Crippen LogP contribution in [0.2, 0.25) is 0 Å². The first-order chi connectivity index (χ1) is 18.0. The molecule has 0 fully saturated rings. The molecule has 0 atom stereocenters. The summed E-state index contributed by atoms with van der Waals surface area (Å²) in [5, 5.41) is 6.43. The summed E-state index contributed by atoms with van der Waals surface area (Å²) in [5.41, 5.74) is 4.80. The second kappa shape index (κ2) is 12.4. The molecule has 0 aliphatic rings. The lowest BCUT2D eigenvalue weighted by atomic mass is 10.1. The van der Waals surface area contributed by atoms with Crippen molar-refractivity contribution in [1.82, 2.24) is 5.43 Å². The molecule has 0 aliphatic heterocycles. The number of rotatable bonds is 10. The molecule has 0 heterocycles. The van der Waals surface area contributed by atoms with Crippen molar-refractivity contribution >= 4 is 45.5 Å². The highest BCUT2D eigenvalue weighted by Gasteiger charge is 2.13. The minimum atomic E-state index is -0.366. The van der Waals surface area contributed by atoms with Gasteiger partial charge in [0.2, 0.25) is 0 Å². The monoisotopic (exact) mass is 610 g/mol. The van der Waals surface area contributed by atoms with Crippen LogP contribution in [0.15, 0.2) is 77.9 Å². The van der Waals surface area contributed by atoms with Crippen LogP contribution in [0, 0.1) is 3.57 Å².